The molecular weight excluding hydrogens is 416 g/mol. The Bertz CT molecular complexity index is 879. The number of piperazine rings is 1. The minimum absolute atomic E-state index is 0.0759. The second-order valence-electron chi connectivity index (χ2n) is 8.17. The van der Waals surface area contributed by atoms with Gasteiger partial charge < -0.3 is 14.4 Å². The van der Waals surface area contributed by atoms with E-state index in [4.69, 9.17) is 4.98 Å². The molecule has 2 aromatic heterocycles. The lowest BCUT2D eigenvalue weighted by atomic mass is 9.95. The number of rotatable bonds is 5. The van der Waals surface area contributed by atoms with Gasteiger partial charge in [0.05, 0.1) is 16.3 Å². The Morgan fingerprint density at radius 2 is 1.80 bits per heavy atom. The van der Waals surface area contributed by atoms with Gasteiger partial charge >= 0.3 is 0 Å². The number of hydrogen-bond donors (Lipinski definition) is 0. The smallest absolute Gasteiger partial charge is 0.264 e. The first-order valence-electron chi connectivity index (χ1n) is 10.8. The van der Waals surface area contributed by atoms with Gasteiger partial charge in [0.25, 0.3) is 5.91 Å². The number of carbonyl (C=O) groups excluding carboxylic acids is 2. The fraction of sp³-hybridized carbons (Fsp3) is 0.591. The maximum Gasteiger partial charge on any atom is 0.264 e. The zero-order valence-corrected chi connectivity index (χ0v) is 19.4. The molecule has 30 heavy (non-hydrogen) atoms. The van der Waals surface area contributed by atoms with E-state index in [9.17, 15) is 9.59 Å². The van der Waals surface area contributed by atoms with E-state index < -0.39 is 0 Å². The van der Waals surface area contributed by atoms with E-state index >= 15 is 0 Å². The second-order valence-corrected chi connectivity index (χ2v) is 10.1. The number of imidazole rings is 1. The topological polar surface area (TPSA) is 58.4 Å². The molecule has 0 N–H and O–H groups in total. The molecule has 6 nitrogen and oxygen atoms in total. The summed E-state index contributed by atoms with van der Waals surface area (Å²) in [7, 11) is 0. The molecule has 2 aromatic rings. The molecule has 0 aromatic carbocycles. The first kappa shape index (κ1) is 21.4. The zero-order valence-electron chi connectivity index (χ0n) is 17.8. The van der Waals surface area contributed by atoms with E-state index in [2.05, 4.69) is 18.4 Å². The van der Waals surface area contributed by atoms with Gasteiger partial charge in [0.1, 0.15) is 0 Å². The van der Waals surface area contributed by atoms with Crippen LogP contribution in [0.4, 0.5) is 0 Å². The largest absolute Gasteiger partial charge is 0.338 e. The maximum absolute atomic E-state index is 12.8. The molecule has 3 heterocycles. The molecule has 8 heteroatoms. The quantitative estimate of drug-likeness (QED) is 0.648. The van der Waals surface area contributed by atoms with Crippen LogP contribution in [-0.4, -0.2) is 63.1 Å². The van der Waals surface area contributed by atoms with Crippen molar-refractivity contribution >= 4 is 34.9 Å². The number of carbonyl (C=O) groups is 2. The molecule has 0 spiro atoms. The van der Waals surface area contributed by atoms with Crippen molar-refractivity contribution in [3.05, 3.63) is 33.8 Å². The van der Waals surface area contributed by atoms with Gasteiger partial charge in [-0.05, 0) is 38.1 Å². The van der Waals surface area contributed by atoms with Gasteiger partial charge in [-0.25, -0.2) is 4.98 Å². The molecule has 1 aliphatic heterocycles. The average Bonchev–Trinajstić information content (AvgIpc) is 3.41. The summed E-state index contributed by atoms with van der Waals surface area (Å²) in [5, 5.41) is 2.90. The standard InChI is InChI=1S/C22H30N4O2S2/c1-16-17(2)26(18-7-4-3-5-8-18)22(23-16)30-15-20(27)24-10-12-25(13-11-24)21(28)19-9-6-14-29-19/h6,9,14,18H,3-5,7-8,10-13,15H2,1-2H3. The van der Waals surface area contributed by atoms with E-state index in [1.54, 1.807) is 11.8 Å². The summed E-state index contributed by atoms with van der Waals surface area (Å²) in [5.41, 5.74) is 2.30. The molecule has 1 saturated carbocycles. The van der Waals surface area contributed by atoms with E-state index in [1.165, 1.54) is 49.1 Å². The fourth-order valence-corrected chi connectivity index (χ4v) is 6.15. The number of aryl methyl sites for hydroxylation is 1. The fourth-order valence-electron chi connectivity index (χ4n) is 4.40. The Balaban J connectivity index is 1.32. The van der Waals surface area contributed by atoms with Gasteiger partial charge in [0.15, 0.2) is 5.16 Å². The van der Waals surface area contributed by atoms with Crippen molar-refractivity contribution in [2.45, 2.75) is 57.1 Å². The third-order valence-electron chi connectivity index (χ3n) is 6.27. The van der Waals surface area contributed by atoms with Crippen molar-refractivity contribution in [1.29, 1.82) is 0 Å². The van der Waals surface area contributed by atoms with Crippen molar-refractivity contribution < 1.29 is 9.59 Å². The highest BCUT2D eigenvalue weighted by Gasteiger charge is 2.27. The minimum atomic E-state index is 0.0759. The molecule has 4 rings (SSSR count). The van der Waals surface area contributed by atoms with Gasteiger partial charge in [0, 0.05) is 37.9 Å². The summed E-state index contributed by atoms with van der Waals surface area (Å²) in [6.07, 6.45) is 6.29. The zero-order chi connectivity index (χ0) is 21.1. The van der Waals surface area contributed by atoms with Gasteiger partial charge in [-0.15, -0.1) is 11.3 Å². The molecule has 0 bridgehead atoms. The predicted molar refractivity (Wildman–Crippen MR) is 121 cm³/mol. The highest BCUT2D eigenvalue weighted by atomic mass is 32.2. The number of nitrogens with zero attached hydrogens (tertiary/aromatic N) is 4. The summed E-state index contributed by atoms with van der Waals surface area (Å²) in [6, 6.07) is 4.28. The average molecular weight is 447 g/mol. The molecule has 2 fully saturated rings. The van der Waals surface area contributed by atoms with Crippen LogP contribution in [-0.2, 0) is 4.79 Å². The van der Waals surface area contributed by atoms with E-state index in [0.29, 0.717) is 38.0 Å². The van der Waals surface area contributed by atoms with Crippen LogP contribution in [0.1, 0.15) is 59.2 Å². The Kier molecular flexibility index (Phi) is 6.83. The number of thioether (sulfide) groups is 1. The number of hydrogen-bond acceptors (Lipinski definition) is 5. The van der Waals surface area contributed by atoms with Crippen LogP contribution in [0, 0.1) is 13.8 Å². The molecule has 1 aliphatic carbocycles. The molecule has 2 aliphatic rings. The molecule has 162 valence electrons. The summed E-state index contributed by atoms with van der Waals surface area (Å²) < 4.78 is 2.38. The SMILES string of the molecule is Cc1nc(SCC(=O)N2CCN(C(=O)c3cccs3)CC2)n(C2CCCCC2)c1C. The minimum Gasteiger partial charge on any atom is -0.338 e. The second kappa shape index (κ2) is 9.56. The summed E-state index contributed by atoms with van der Waals surface area (Å²) in [4.78, 5) is 34.6. The highest BCUT2D eigenvalue weighted by Crippen LogP contribution is 2.34. The molecule has 1 saturated heterocycles. The Hall–Kier alpha value is -1.80. The number of thiophene rings is 1. The lowest BCUT2D eigenvalue weighted by Gasteiger charge is -2.34. The first-order valence-corrected chi connectivity index (χ1v) is 12.7. The van der Waals surface area contributed by atoms with Gasteiger partial charge in [-0.3, -0.25) is 9.59 Å². The Morgan fingerprint density at radius 1 is 1.10 bits per heavy atom. The summed E-state index contributed by atoms with van der Waals surface area (Å²) in [5.74, 6) is 0.616. The van der Waals surface area contributed by atoms with Crippen LogP contribution < -0.4 is 0 Å². The third kappa shape index (κ3) is 4.59. The van der Waals surface area contributed by atoms with Crippen LogP contribution >= 0.6 is 23.1 Å². The van der Waals surface area contributed by atoms with Crippen molar-refractivity contribution in [1.82, 2.24) is 19.4 Å². The van der Waals surface area contributed by atoms with Crippen LogP contribution in [0.25, 0.3) is 0 Å². The first-order chi connectivity index (χ1) is 14.5. The summed E-state index contributed by atoms with van der Waals surface area (Å²) >= 11 is 3.03. The van der Waals surface area contributed by atoms with Gasteiger partial charge in [-0.2, -0.15) is 0 Å². The van der Waals surface area contributed by atoms with Crippen LogP contribution in [0.2, 0.25) is 0 Å². The van der Waals surface area contributed by atoms with Crippen molar-refractivity contribution in [3.63, 3.8) is 0 Å². The number of amides is 2. The highest BCUT2D eigenvalue weighted by molar-refractivity contribution is 7.99. The van der Waals surface area contributed by atoms with Crippen molar-refractivity contribution in [3.8, 4) is 0 Å². The van der Waals surface area contributed by atoms with Crippen LogP contribution in [0.15, 0.2) is 22.7 Å². The lowest BCUT2D eigenvalue weighted by Crippen LogP contribution is -2.51. The third-order valence-corrected chi connectivity index (χ3v) is 8.07. The van der Waals surface area contributed by atoms with Crippen LogP contribution in [0.5, 0.6) is 0 Å². The monoisotopic (exact) mass is 446 g/mol. The maximum atomic E-state index is 12.8. The Morgan fingerprint density at radius 3 is 2.47 bits per heavy atom. The van der Waals surface area contributed by atoms with Crippen molar-refractivity contribution in [2.75, 3.05) is 31.9 Å². The van der Waals surface area contributed by atoms with Gasteiger partial charge in [-0.1, -0.05) is 37.1 Å². The van der Waals surface area contributed by atoms with E-state index in [0.717, 1.165) is 15.7 Å². The molecule has 2 amide bonds. The van der Waals surface area contributed by atoms with Gasteiger partial charge in [0.2, 0.25) is 5.91 Å². The molecule has 0 unspecified atom stereocenters. The van der Waals surface area contributed by atoms with Crippen LogP contribution in [0.3, 0.4) is 0 Å². The predicted octanol–water partition coefficient (Wildman–Crippen LogP) is 4.14. The normalized spacial score (nSPS) is 18.1. The Labute approximate surface area is 186 Å². The molecular formula is C22H30N4O2S2. The lowest BCUT2D eigenvalue weighted by molar-refractivity contribution is -0.129. The molecule has 0 radical (unpaired) electrons. The number of aromatic nitrogens is 2. The molecule has 0 atom stereocenters. The van der Waals surface area contributed by atoms with Crippen molar-refractivity contribution in [2.24, 2.45) is 0 Å². The van der Waals surface area contributed by atoms with E-state index in [1.807, 2.05) is 27.3 Å². The van der Waals surface area contributed by atoms with E-state index in [-0.39, 0.29) is 11.8 Å². The summed E-state index contributed by atoms with van der Waals surface area (Å²) in [6.45, 7) is 6.61.